The zero-order valence-electron chi connectivity index (χ0n) is 15.5. The highest BCUT2D eigenvalue weighted by Crippen LogP contribution is 2.34. The van der Waals surface area contributed by atoms with Gasteiger partial charge in [0.1, 0.15) is 0 Å². The smallest absolute Gasteiger partial charge is 0.194 e. The highest BCUT2D eigenvalue weighted by atomic mass is 127. The lowest BCUT2D eigenvalue weighted by molar-refractivity contribution is 0.0793. The van der Waals surface area contributed by atoms with Gasteiger partial charge in [-0.1, -0.05) is 11.6 Å². The number of nitrogens with zero attached hydrogens (tertiary/aromatic N) is 3. The van der Waals surface area contributed by atoms with Crippen molar-refractivity contribution in [2.24, 2.45) is 12.0 Å². The van der Waals surface area contributed by atoms with Crippen molar-refractivity contribution >= 4 is 53.3 Å². The van der Waals surface area contributed by atoms with Crippen LogP contribution < -0.4 is 5.32 Å². The second-order valence-electron chi connectivity index (χ2n) is 6.29. The predicted octanol–water partition coefficient (Wildman–Crippen LogP) is 3.61. The van der Waals surface area contributed by atoms with E-state index < -0.39 is 0 Å². The van der Waals surface area contributed by atoms with Crippen molar-refractivity contribution in [2.75, 3.05) is 39.6 Å². The summed E-state index contributed by atoms with van der Waals surface area (Å²) >= 11 is 8.01. The summed E-state index contributed by atoms with van der Waals surface area (Å²) in [5.74, 6) is 0.940. The molecule has 2 heterocycles. The summed E-state index contributed by atoms with van der Waals surface area (Å²) in [5.41, 5.74) is 1.17. The Labute approximate surface area is 177 Å². The molecule has 0 amide bonds. The van der Waals surface area contributed by atoms with Crippen LogP contribution in [0.25, 0.3) is 0 Å². The van der Waals surface area contributed by atoms with Crippen LogP contribution in [0, 0.1) is 0 Å². The highest BCUT2D eigenvalue weighted by molar-refractivity contribution is 14.0. The van der Waals surface area contributed by atoms with Gasteiger partial charge in [0.15, 0.2) is 5.96 Å². The van der Waals surface area contributed by atoms with E-state index in [1.165, 1.54) is 5.69 Å². The first-order valence-corrected chi connectivity index (χ1v) is 10.0. The Kier molecular flexibility index (Phi) is 9.98. The van der Waals surface area contributed by atoms with Crippen molar-refractivity contribution in [3.63, 3.8) is 0 Å². The molecule has 8 heteroatoms. The number of nitrogens with one attached hydrogen (secondary N) is 1. The molecule has 1 aliphatic heterocycles. The number of hydrogen-bond acceptors (Lipinski definition) is 3. The van der Waals surface area contributed by atoms with Gasteiger partial charge in [-0.25, -0.2) is 0 Å². The molecule has 1 aromatic heterocycles. The first-order valence-electron chi connectivity index (χ1n) is 8.43. The van der Waals surface area contributed by atoms with Crippen LogP contribution in [-0.4, -0.2) is 59.8 Å². The summed E-state index contributed by atoms with van der Waals surface area (Å²) in [6, 6.07) is 2.00. The van der Waals surface area contributed by atoms with E-state index in [9.17, 15) is 0 Å². The fourth-order valence-electron chi connectivity index (χ4n) is 2.90. The number of guanidine groups is 1. The van der Waals surface area contributed by atoms with Gasteiger partial charge in [-0.2, -0.15) is 11.8 Å². The van der Waals surface area contributed by atoms with Gasteiger partial charge < -0.3 is 19.5 Å². The average Bonchev–Trinajstić information content (AvgIpc) is 2.89. The van der Waals surface area contributed by atoms with Gasteiger partial charge in [-0.3, -0.25) is 4.99 Å². The Bertz CT molecular complexity index is 561. The van der Waals surface area contributed by atoms with Crippen LogP contribution in [0.2, 0.25) is 5.02 Å². The molecule has 0 saturated carbocycles. The maximum atomic E-state index is 6.09. The van der Waals surface area contributed by atoms with Crippen LogP contribution in [0.3, 0.4) is 0 Å². The number of aromatic nitrogens is 1. The number of ether oxygens (including phenoxy) is 1. The molecule has 1 aliphatic rings. The number of aryl methyl sites for hydroxylation is 1. The topological polar surface area (TPSA) is 41.8 Å². The van der Waals surface area contributed by atoms with E-state index in [2.05, 4.69) is 35.0 Å². The third-order valence-corrected chi connectivity index (χ3v) is 6.13. The van der Waals surface area contributed by atoms with E-state index in [4.69, 9.17) is 21.3 Å². The van der Waals surface area contributed by atoms with E-state index in [1.54, 1.807) is 0 Å². The van der Waals surface area contributed by atoms with Gasteiger partial charge in [0.25, 0.3) is 0 Å². The van der Waals surface area contributed by atoms with Gasteiger partial charge in [-0.05, 0) is 32.1 Å². The molecular weight excluding hydrogens is 471 g/mol. The van der Waals surface area contributed by atoms with Crippen molar-refractivity contribution in [3.8, 4) is 0 Å². The van der Waals surface area contributed by atoms with Crippen molar-refractivity contribution in [3.05, 3.63) is 23.0 Å². The van der Waals surface area contributed by atoms with E-state index in [0.717, 1.165) is 56.7 Å². The Hall–Kier alpha value is -0.120. The second kappa shape index (κ2) is 10.9. The van der Waals surface area contributed by atoms with Gasteiger partial charge in [-0.15, -0.1) is 24.0 Å². The first kappa shape index (κ1) is 22.9. The number of halogens is 2. The minimum Gasteiger partial charge on any atom is -0.381 e. The van der Waals surface area contributed by atoms with Crippen molar-refractivity contribution < 1.29 is 4.74 Å². The highest BCUT2D eigenvalue weighted by Gasteiger charge is 2.31. The molecule has 0 bridgehead atoms. The minimum absolute atomic E-state index is 0. The maximum Gasteiger partial charge on any atom is 0.194 e. The lowest BCUT2D eigenvalue weighted by atomic mass is 9.99. The summed E-state index contributed by atoms with van der Waals surface area (Å²) in [6.07, 6.45) is 6.24. The molecular formula is C17H30ClIN4OS. The molecule has 0 atom stereocenters. The molecule has 0 aromatic carbocycles. The summed E-state index contributed by atoms with van der Waals surface area (Å²) in [6.45, 7) is 6.21. The van der Waals surface area contributed by atoms with Crippen molar-refractivity contribution in [1.29, 1.82) is 0 Å². The lowest BCUT2D eigenvalue weighted by Crippen LogP contribution is -2.41. The third-order valence-electron chi connectivity index (χ3n) is 4.52. The second-order valence-corrected chi connectivity index (χ2v) is 8.00. The normalized spacial score (nSPS) is 17.1. The molecule has 1 aromatic rings. The van der Waals surface area contributed by atoms with E-state index >= 15 is 0 Å². The van der Waals surface area contributed by atoms with Gasteiger partial charge in [0, 0.05) is 50.5 Å². The molecule has 2 rings (SSSR count). The average molecular weight is 501 g/mol. The Morgan fingerprint density at radius 3 is 2.68 bits per heavy atom. The summed E-state index contributed by atoms with van der Waals surface area (Å²) < 4.78 is 7.78. The Balaban J connectivity index is 0.00000312. The van der Waals surface area contributed by atoms with Crippen LogP contribution in [0.4, 0.5) is 0 Å². The summed E-state index contributed by atoms with van der Waals surface area (Å²) in [7, 11) is 4.09. The molecule has 1 fully saturated rings. The molecule has 1 N–H and O–H groups in total. The van der Waals surface area contributed by atoms with Crippen LogP contribution in [0.1, 0.15) is 25.5 Å². The SMILES string of the molecule is CCNC(=NCC1(SC)CCOCC1)N(C)Cc1cc(Cl)cn1C.I. The van der Waals surface area contributed by atoms with E-state index in [-0.39, 0.29) is 28.7 Å². The number of hydrogen-bond donors (Lipinski definition) is 1. The maximum absolute atomic E-state index is 6.09. The number of aliphatic imine (C=N–C) groups is 1. The molecule has 0 radical (unpaired) electrons. The van der Waals surface area contributed by atoms with Gasteiger partial charge in [0.05, 0.1) is 18.1 Å². The predicted molar refractivity (Wildman–Crippen MR) is 120 cm³/mol. The fraction of sp³-hybridized carbons (Fsp3) is 0.706. The molecule has 0 spiro atoms. The van der Waals surface area contributed by atoms with Crippen LogP contribution in [0.5, 0.6) is 0 Å². The largest absolute Gasteiger partial charge is 0.381 e. The molecule has 25 heavy (non-hydrogen) atoms. The van der Waals surface area contributed by atoms with Gasteiger partial charge >= 0.3 is 0 Å². The number of thioether (sulfide) groups is 1. The molecule has 144 valence electrons. The lowest BCUT2D eigenvalue weighted by Gasteiger charge is -2.34. The first-order chi connectivity index (χ1) is 11.5. The molecule has 5 nitrogen and oxygen atoms in total. The number of rotatable bonds is 6. The molecule has 1 saturated heterocycles. The van der Waals surface area contributed by atoms with Crippen LogP contribution in [-0.2, 0) is 18.3 Å². The van der Waals surface area contributed by atoms with Crippen LogP contribution >= 0.6 is 47.3 Å². The summed E-state index contributed by atoms with van der Waals surface area (Å²) in [5, 5.41) is 4.17. The van der Waals surface area contributed by atoms with E-state index in [0.29, 0.717) is 0 Å². The molecule has 0 aliphatic carbocycles. The van der Waals surface area contributed by atoms with Crippen molar-refractivity contribution in [2.45, 2.75) is 31.1 Å². The zero-order valence-corrected chi connectivity index (χ0v) is 19.5. The quantitative estimate of drug-likeness (QED) is 0.368. The Morgan fingerprint density at radius 2 is 2.16 bits per heavy atom. The Morgan fingerprint density at radius 1 is 1.48 bits per heavy atom. The van der Waals surface area contributed by atoms with Gasteiger partial charge in [0.2, 0.25) is 0 Å². The van der Waals surface area contributed by atoms with Crippen LogP contribution in [0.15, 0.2) is 17.3 Å². The minimum atomic E-state index is 0. The monoisotopic (exact) mass is 500 g/mol. The zero-order chi connectivity index (χ0) is 17.6. The van der Waals surface area contributed by atoms with E-state index in [1.807, 2.05) is 31.1 Å². The molecule has 0 unspecified atom stereocenters. The fourth-order valence-corrected chi connectivity index (χ4v) is 3.94. The van der Waals surface area contributed by atoms with Crippen molar-refractivity contribution in [1.82, 2.24) is 14.8 Å². The summed E-state index contributed by atoms with van der Waals surface area (Å²) in [4.78, 5) is 7.08. The third kappa shape index (κ3) is 6.52. The standard InChI is InChI=1S/C17H29ClN4OS.HI/c1-5-19-16(20-13-17(24-4)6-8-23-9-7-17)22(3)12-15-10-14(18)11-21(15)2;/h10-11H,5-9,12-13H2,1-4H3,(H,19,20);1H.